The molecule has 2 amide bonds. The van der Waals surface area contributed by atoms with Gasteiger partial charge in [0, 0.05) is 10.5 Å². The fourth-order valence-corrected chi connectivity index (χ4v) is 5.24. The molecule has 6 heteroatoms. The van der Waals surface area contributed by atoms with Crippen LogP contribution in [0.25, 0.3) is 0 Å². The Morgan fingerprint density at radius 3 is 2.14 bits per heavy atom. The van der Waals surface area contributed by atoms with Crippen LogP contribution >= 0.6 is 11.8 Å². The predicted molar refractivity (Wildman–Crippen MR) is 80.2 cm³/mol. The van der Waals surface area contributed by atoms with Crippen molar-refractivity contribution in [2.75, 3.05) is 0 Å². The number of benzene rings is 1. The molecule has 0 saturated carbocycles. The molecule has 0 aliphatic carbocycles. The number of hydrogen-bond acceptors (Lipinski definition) is 5. The second-order valence-corrected chi connectivity index (χ2v) is 7.59. The van der Waals surface area contributed by atoms with Gasteiger partial charge in [0.1, 0.15) is 0 Å². The summed E-state index contributed by atoms with van der Waals surface area (Å²) in [5, 5.41) is 1.65. The van der Waals surface area contributed by atoms with E-state index in [0.717, 1.165) is 25.7 Å². The number of nitrogens with zero attached hydrogens (tertiary/aromatic N) is 1. The summed E-state index contributed by atoms with van der Waals surface area (Å²) in [6.07, 6.45) is 3.85. The fourth-order valence-electron chi connectivity index (χ4n) is 3.46. The number of imide groups is 1. The molecule has 2 saturated heterocycles. The first kappa shape index (κ1) is 13.8. The van der Waals surface area contributed by atoms with Gasteiger partial charge in [-0.3, -0.25) is 9.59 Å². The Kier molecular flexibility index (Phi) is 3.22. The molecule has 0 spiro atoms. The number of carbonyl (C=O) groups is 3. The zero-order valence-corrected chi connectivity index (χ0v) is 12.7. The van der Waals surface area contributed by atoms with Crippen LogP contribution in [0.2, 0.25) is 0 Å². The van der Waals surface area contributed by atoms with Gasteiger partial charge in [-0.25, -0.2) is 4.79 Å². The van der Waals surface area contributed by atoms with Crippen LogP contribution in [-0.4, -0.2) is 33.3 Å². The van der Waals surface area contributed by atoms with Crippen molar-refractivity contribution in [1.29, 1.82) is 0 Å². The van der Waals surface area contributed by atoms with Gasteiger partial charge in [0.05, 0.1) is 17.0 Å². The lowest BCUT2D eigenvalue weighted by molar-refractivity contribution is -0.174. The molecule has 0 radical (unpaired) electrons. The van der Waals surface area contributed by atoms with Gasteiger partial charge < -0.3 is 4.84 Å². The molecule has 2 atom stereocenters. The molecule has 2 bridgehead atoms. The van der Waals surface area contributed by atoms with Crippen LogP contribution in [0.5, 0.6) is 0 Å². The summed E-state index contributed by atoms with van der Waals surface area (Å²) in [4.78, 5) is 41.9. The van der Waals surface area contributed by atoms with Gasteiger partial charge >= 0.3 is 5.97 Å². The summed E-state index contributed by atoms with van der Waals surface area (Å²) < 4.78 is 0. The average molecular weight is 317 g/mol. The van der Waals surface area contributed by atoms with Crippen LogP contribution in [0.1, 0.15) is 46.4 Å². The predicted octanol–water partition coefficient (Wildman–Crippen LogP) is 2.42. The minimum Gasteiger partial charge on any atom is -0.329 e. The van der Waals surface area contributed by atoms with E-state index in [1.54, 1.807) is 24.3 Å². The quantitative estimate of drug-likeness (QED) is 0.784. The Bertz CT molecular complexity index is 627. The minimum absolute atomic E-state index is 0.205. The molecule has 3 heterocycles. The summed E-state index contributed by atoms with van der Waals surface area (Å²) in [5.41, 5.74) is 0.583. The van der Waals surface area contributed by atoms with Gasteiger partial charge in [-0.1, -0.05) is 17.2 Å². The highest BCUT2D eigenvalue weighted by Gasteiger charge is 2.43. The number of hydrogen-bond donors (Lipinski definition) is 0. The number of rotatable bonds is 2. The molecule has 2 unspecified atom stereocenters. The van der Waals surface area contributed by atoms with E-state index in [1.165, 1.54) is 0 Å². The number of amides is 2. The van der Waals surface area contributed by atoms with Crippen LogP contribution in [-0.2, 0) is 9.63 Å². The van der Waals surface area contributed by atoms with Crippen molar-refractivity contribution in [3.8, 4) is 0 Å². The molecule has 22 heavy (non-hydrogen) atoms. The third-order valence-corrected chi connectivity index (χ3v) is 6.19. The maximum absolute atomic E-state index is 12.3. The van der Waals surface area contributed by atoms with Gasteiger partial charge in [-0.2, -0.15) is 11.8 Å². The second-order valence-electron chi connectivity index (χ2n) is 5.99. The average Bonchev–Trinajstić information content (AvgIpc) is 2.99. The van der Waals surface area contributed by atoms with Gasteiger partial charge in [0.15, 0.2) is 0 Å². The van der Waals surface area contributed by atoms with Crippen LogP contribution in [0, 0.1) is 5.92 Å². The molecular formula is C16H15NO4S. The lowest BCUT2D eigenvalue weighted by Gasteiger charge is -2.26. The Balaban J connectivity index is 1.49. The van der Waals surface area contributed by atoms with Crippen molar-refractivity contribution in [1.82, 2.24) is 5.06 Å². The first-order valence-electron chi connectivity index (χ1n) is 7.48. The van der Waals surface area contributed by atoms with E-state index >= 15 is 0 Å². The van der Waals surface area contributed by atoms with Crippen molar-refractivity contribution in [2.24, 2.45) is 5.92 Å². The highest BCUT2D eigenvalue weighted by molar-refractivity contribution is 8.00. The number of carbonyl (C=O) groups excluding carboxylic acids is 3. The van der Waals surface area contributed by atoms with E-state index < -0.39 is 17.8 Å². The molecule has 1 aromatic rings. The Labute approximate surface area is 131 Å². The zero-order chi connectivity index (χ0) is 15.3. The highest BCUT2D eigenvalue weighted by Crippen LogP contribution is 2.46. The molecule has 114 valence electrons. The molecule has 1 aromatic carbocycles. The third-order valence-electron chi connectivity index (χ3n) is 4.56. The summed E-state index contributed by atoms with van der Waals surface area (Å²) in [5.74, 6) is -1.76. The summed E-state index contributed by atoms with van der Waals surface area (Å²) in [6.45, 7) is 0. The molecule has 4 rings (SSSR count). The largest absolute Gasteiger partial charge is 0.336 e. The Morgan fingerprint density at radius 2 is 1.59 bits per heavy atom. The van der Waals surface area contributed by atoms with Gasteiger partial charge in [-0.05, 0) is 37.8 Å². The van der Waals surface area contributed by atoms with E-state index in [1.807, 2.05) is 11.8 Å². The number of hydroxylamine groups is 2. The van der Waals surface area contributed by atoms with Crippen molar-refractivity contribution in [3.05, 3.63) is 35.4 Å². The standard InChI is InChI=1S/C16H15NO4S/c18-14-12-3-1-2-4-13(12)15(19)17(14)21-16(20)9-7-10-5-6-11(8-9)22-10/h1-4,9-11H,5-8H2. The van der Waals surface area contributed by atoms with Crippen LogP contribution in [0.3, 0.4) is 0 Å². The lowest BCUT2D eigenvalue weighted by Crippen LogP contribution is -2.36. The molecule has 3 aliphatic heterocycles. The van der Waals surface area contributed by atoms with Gasteiger partial charge in [0.2, 0.25) is 0 Å². The van der Waals surface area contributed by atoms with E-state index in [9.17, 15) is 14.4 Å². The summed E-state index contributed by atoms with van der Waals surface area (Å²) in [6, 6.07) is 6.51. The maximum atomic E-state index is 12.3. The smallest absolute Gasteiger partial charge is 0.329 e. The van der Waals surface area contributed by atoms with Crippen molar-refractivity contribution < 1.29 is 19.2 Å². The van der Waals surface area contributed by atoms with Gasteiger partial charge in [-0.15, -0.1) is 0 Å². The Morgan fingerprint density at radius 1 is 1.05 bits per heavy atom. The first-order chi connectivity index (χ1) is 10.6. The summed E-state index contributed by atoms with van der Waals surface area (Å²) >= 11 is 1.95. The van der Waals surface area contributed by atoms with Crippen LogP contribution in [0.4, 0.5) is 0 Å². The molecule has 0 N–H and O–H groups in total. The molecule has 2 fully saturated rings. The molecular weight excluding hydrogens is 302 g/mol. The summed E-state index contributed by atoms with van der Waals surface area (Å²) in [7, 11) is 0. The topological polar surface area (TPSA) is 63.7 Å². The monoisotopic (exact) mass is 317 g/mol. The van der Waals surface area contributed by atoms with Crippen molar-refractivity contribution in [2.45, 2.75) is 36.2 Å². The minimum atomic E-state index is -0.554. The van der Waals surface area contributed by atoms with E-state index in [4.69, 9.17) is 4.84 Å². The lowest BCUT2D eigenvalue weighted by atomic mass is 10.00. The number of thioether (sulfide) groups is 1. The molecule has 0 aromatic heterocycles. The first-order valence-corrected chi connectivity index (χ1v) is 8.43. The van der Waals surface area contributed by atoms with Gasteiger partial charge in [0.25, 0.3) is 11.8 Å². The van der Waals surface area contributed by atoms with Crippen LogP contribution in [0.15, 0.2) is 24.3 Å². The molecule has 5 nitrogen and oxygen atoms in total. The fraction of sp³-hybridized carbons (Fsp3) is 0.438. The van der Waals surface area contributed by atoms with Crippen molar-refractivity contribution in [3.63, 3.8) is 0 Å². The van der Waals surface area contributed by atoms with Crippen LogP contribution < -0.4 is 0 Å². The zero-order valence-electron chi connectivity index (χ0n) is 11.9. The maximum Gasteiger partial charge on any atom is 0.336 e. The van der Waals surface area contributed by atoms with E-state index in [-0.39, 0.29) is 5.92 Å². The second kappa shape index (κ2) is 5.12. The van der Waals surface area contributed by atoms with E-state index in [0.29, 0.717) is 26.7 Å². The highest BCUT2D eigenvalue weighted by atomic mass is 32.2. The number of fused-ring (bicyclic) bond motifs is 3. The third kappa shape index (κ3) is 2.13. The normalized spacial score (nSPS) is 29.6. The molecule has 3 aliphatic rings. The Hall–Kier alpha value is -1.82. The van der Waals surface area contributed by atoms with E-state index in [2.05, 4.69) is 0 Å². The SMILES string of the molecule is O=C(ON1C(=O)c2ccccc2C1=O)C1CC2CCC(C1)S2. The van der Waals surface area contributed by atoms with Crippen molar-refractivity contribution >= 4 is 29.5 Å².